The Hall–Kier alpha value is -3.27. The fraction of sp³-hybridized carbons (Fsp3) is 0.269. The molecule has 0 fully saturated rings. The van der Waals surface area contributed by atoms with Gasteiger partial charge in [-0.05, 0) is 35.2 Å². The highest BCUT2D eigenvalue weighted by atomic mass is 16.5. The molecule has 0 aliphatic rings. The van der Waals surface area contributed by atoms with Crippen LogP contribution >= 0.6 is 0 Å². The van der Waals surface area contributed by atoms with E-state index in [-0.39, 0.29) is 17.9 Å². The summed E-state index contributed by atoms with van der Waals surface area (Å²) in [6.45, 7) is 2.06. The van der Waals surface area contributed by atoms with Crippen LogP contribution in [0, 0.1) is 0 Å². The Labute approximate surface area is 178 Å². The lowest BCUT2D eigenvalue weighted by Gasteiger charge is -2.22. The zero-order valence-electron chi connectivity index (χ0n) is 17.8. The molecule has 0 unspecified atom stereocenters. The van der Waals surface area contributed by atoms with E-state index in [1.54, 1.807) is 14.2 Å². The molecule has 156 valence electrons. The molecule has 0 aromatic heterocycles. The Bertz CT molecular complexity index is 902. The summed E-state index contributed by atoms with van der Waals surface area (Å²) in [5, 5.41) is 3.21. The van der Waals surface area contributed by atoms with Crippen LogP contribution < -0.4 is 14.8 Å². The van der Waals surface area contributed by atoms with E-state index in [1.807, 2.05) is 54.6 Å². The van der Waals surface area contributed by atoms with E-state index in [0.717, 1.165) is 23.1 Å². The molecule has 0 saturated heterocycles. The van der Waals surface area contributed by atoms with Gasteiger partial charge in [0.25, 0.3) is 0 Å². The van der Waals surface area contributed by atoms with Crippen molar-refractivity contribution in [3.63, 3.8) is 0 Å². The second-order valence-electron chi connectivity index (χ2n) is 7.22. The molecule has 3 aromatic carbocycles. The van der Waals surface area contributed by atoms with Crippen LogP contribution in [0.2, 0.25) is 0 Å². The van der Waals surface area contributed by atoms with Crippen LogP contribution in [0.5, 0.6) is 11.5 Å². The summed E-state index contributed by atoms with van der Waals surface area (Å²) in [6.07, 6.45) is 1.17. The van der Waals surface area contributed by atoms with Crippen molar-refractivity contribution < 1.29 is 14.3 Å². The van der Waals surface area contributed by atoms with Crippen molar-refractivity contribution in [3.8, 4) is 11.5 Å². The molecule has 0 aliphatic carbocycles. The maximum Gasteiger partial charge on any atom is 0.221 e. The highest BCUT2D eigenvalue weighted by Gasteiger charge is 2.21. The Morgan fingerprint density at radius 3 is 1.87 bits per heavy atom. The van der Waals surface area contributed by atoms with Gasteiger partial charge in [0.2, 0.25) is 5.91 Å². The van der Waals surface area contributed by atoms with Crippen LogP contribution in [-0.2, 0) is 4.79 Å². The lowest BCUT2D eigenvalue weighted by molar-refractivity contribution is -0.122. The van der Waals surface area contributed by atoms with Gasteiger partial charge in [0.1, 0.15) is 0 Å². The van der Waals surface area contributed by atoms with Crippen molar-refractivity contribution in [3.05, 3.63) is 95.6 Å². The van der Waals surface area contributed by atoms with Gasteiger partial charge in [0, 0.05) is 12.3 Å². The van der Waals surface area contributed by atoms with E-state index in [0.29, 0.717) is 17.9 Å². The van der Waals surface area contributed by atoms with Gasteiger partial charge in [0.05, 0.1) is 20.3 Å². The van der Waals surface area contributed by atoms with Gasteiger partial charge in [-0.2, -0.15) is 0 Å². The fourth-order valence-electron chi connectivity index (χ4n) is 3.73. The Balaban J connectivity index is 1.79. The summed E-state index contributed by atoms with van der Waals surface area (Å²) in [7, 11) is 3.23. The Kier molecular flexibility index (Phi) is 7.50. The van der Waals surface area contributed by atoms with Crippen LogP contribution in [0.4, 0.5) is 0 Å². The fourth-order valence-corrected chi connectivity index (χ4v) is 3.73. The van der Waals surface area contributed by atoms with E-state index in [4.69, 9.17) is 9.47 Å². The molecule has 0 saturated carbocycles. The summed E-state index contributed by atoms with van der Waals surface area (Å²) in [5.74, 6) is 1.37. The third-order valence-corrected chi connectivity index (χ3v) is 5.35. The lowest BCUT2D eigenvalue weighted by atomic mass is 9.88. The number of carbonyl (C=O) groups is 1. The molecular formula is C26H29NO3. The van der Waals surface area contributed by atoms with Gasteiger partial charge in [-0.1, -0.05) is 73.7 Å². The van der Waals surface area contributed by atoms with Crippen molar-refractivity contribution in [1.29, 1.82) is 0 Å². The van der Waals surface area contributed by atoms with Crippen LogP contribution in [0.3, 0.4) is 0 Å². The minimum Gasteiger partial charge on any atom is -0.493 e. The largest absolute Gasteiger partial charge is 0.493 e. The zero-order chi connectivity index (χ0) is 21.3. The van der Waals surface area contributed by atoms with Crippen molar-refractivity contribution >= 4 is 5.91 Å². The average Bonchev–Trinajstić information content (AvgIpc) is 2.81. The van der Waals surface area contributed by atoms with Gasteiger partial charge < -0.3 is 14.8 Å². The third-order valence-electron chi connectivity index (χ3n) is 5.35. The molecule has 0 spiro atoms. The smallest absolute Gasteiger partial charge is 0.221 e. The molecule has 4 nitrogen and oxygen atoms in total. The van der Waals surface area contributed by atoms with Crippen LogP contribution in [0.15, 0.2) is 78.9 Å². The van der Waals surface area contributed by atoms with Gasteiger partial charge in [-0.3, -0.25) is 4.79 Å². The van der Waals surface area contributed by atoms with Gasteiger partial charge in [0.15, 0.2) is 11.5 Å². The number of hydrogen-bond acceptors (Lipinski definition) is 3. The highest BCUT2D eigenvalue weighted by molar-refractivity contribution is 5.78. The minimum atomic E-state index is -0.0931. The molecule has 3 aromatic rings. The number of rotatable bonds is 9. The molecule has 0 radical (unpaired) electrons. The first-order valence-corrected chi connectivity index (χ1v) is 10.3. The topological polar surface area (TPSA) is 47.6 Å². The van der Waals surface area contributed by atoms with E-state index < -0.39 is 0 Å². The highest BCUT2D eigenvalue weighted by Crippen LogP contribution is 2.32. The number of amides is 1. The van der Waals surface area contributed by atoms with Gasteiger partial charge in [-0.25, -0.2) is 0 Å². The summed E-state index contributed by atoms with van der Waals surface area (Å²) in [5.41, 5.74) is 3.27. The lowest BCUT2D eigenvalue weighted by Crippen LogP contribution is -2.29. The monoisotopic (exact) mass is 403 g/mol. The molecule has 3 rings (SSSR count). The SMILES string of the molecule is CC[C@@H](NC(=O)CC(c1ccccc1)c1ccccc1)c1ccc(OC)c(OC)c1. The number of ether oxygens (including phenoxy) is 2. The maximum atomic E-state index is 13.1. The quantitative estimate of drug-likeness (QED) is 0.514. The summed E-state index contributed by atoms with van der Waals surface area (Å²) in [6, 6.07) is 26.1. The Morgan fingerprint density at radius 2 is 1.37 bits per heavy atom. The number of carbonyl (C=O) groups excluding carboxylic acids is 1. The van der Waals surface area contributed by atoms with Crippen LogP contribution in [0.1, 0.15) is 48.4 Å². The Morgan fingerprint density at radius 1 is 0.800 bits per heavy atom. The van der Waals surface area contributed by atoms with Crippen molar-refractivity contribution in [2.45, 2.75) is 31.7 Å². The van der Waals surface area contributed by atoms with Crippen molar-refractivity contribution in [2.24, 2.45) is 0 Å². The second kappa shape index (κ2) is 10.5. The molecule has 4 heteroatoms. The zero-order valence-corrected chi connectivity index (χ0v) is 17.8. The standard InChI is InChI=1S/C26H29NO3/c1-4-23(21-15-16-24(29-2)25(17-21)30-3)27-26(28)18-22(19-11-7-5-8-12-19)20-13-9-6-10-14-20/h5-17,22-23H,4,18H2,1-3H3,(H,27,28)/t23-/m1/s1. The number of nitrogens with one attached hydrogen (secondary N) is 1. The van der Waals surface area contributed by atoms with Crippen LogP contribution in [-0.4, -0.2) is 20.1 Å². The summed E-state index contributed by atoms with van der Waals surface area (Å²) >= 11 is 0. The molecular weight excluding hydrogens is 374 g/mol. The van der Waals surface area contributed by atoms with E-state index in [1.165, 1.54) is 0 Å². The molecule has 1 amide bonds. The van der Waals surface area contributed by atoms with Gasteiger partial charge >= 0.3 is 0 Å². The van der Waals surface area contributed by atoms with E-state index >= 15 is 0 Å². The third kappa shape index (κ3) is 5.20. The molecule has 0 heterocycles. The van der Waals surface area contributed by atoms with Gasteiger partial charge in [-0.15, -0.1) is 0 Å². The number of methoxy groups -OCH3 is 2. The first-order valence-electron chi connectivity index (χ1n) is 10.3. The van der Waals surface area contributed by atoms with Crippen molar-refractivity contribution in [1.82, 2.24) is 5.32 Å². The number of benzene rings is 3. The first-order chi connectivity index (χ1) is 14.7. The summed E-state index contributed by atoms with van der Waals surface area (Å²) in [4.78, 5) is 13.1. The molecule has 30 heavy (non-hydrogen) atoms. The summed E-state index contributed by atoms with van der Waals surface area (Å²) < 4.78 is 10.7. The van der Waals surface area contributed by atoms with Crippen LogP contribution in [0.25, 0.3) is 0 Å². The first kappa shape index (κ1) is 21.4. The predicted molar refractivity (Wildman–Crippen MR) is 120 cm³/mol. The van der Waals surface area contributed by atoms with Crippen molar-refractivity contribution in [2.75, 3.05) is 14.2 Å². The predicted octanol–water partition coefficient (Wildman–Crippen LogP) is 5.49. The minimum absolute atomic E-state index is 0.00955. The number of hydrogen-bond donors (Lipinski definition) is 1. The molecule has 0 aliphatic heterocycles. The van der Waals surface area contributed by atoms with E-state index in [9.17, 15) is 4.79 Å². The molecule has 0 bridgehead atoms. The maximum absolute atomic E-state index is 13.1. The second-order valence-corrected chi connectivity index (χ2v) is 7.22. The molecule has 1 N–H and O–H groups in total. The normalized spacial score (nSPS) is 11.7. The average molecular weight is 404 g/mol. The molecule has 1 atom stereocenters. The van der Waals surface area contributed by atoms with E-state index in [2.05, 4.69) is 36.5 Å².